The Morgan fingerprint density at radius 2 is 2.10 bits per heavy atom. The fourth-order valence-corrected chi connectivity index (χ4v) is 1.88. The Bertz CT molecular complexity index is 648. The van der Waals surface area contributed by atoms with E-state index in [4.69, 9.17) is 9.15 Å². The van der Waals surface area contributed by atoms with E-state index in [-0.39, 0.29) is 24.7 Å². The smallest absolute Gasteiger partial charge is 0.306 e. The summed E-state index contributed by atoms with van der Waals surface area (Å²) in [5.74, 6) is 0.0598. The molecule has 6 nitrogen and oxygen atoms in total. The number of anilines is 1. The maximum absolute atomic E-state index is 11.8. The number of nitrogens with one attached hydrogen (secondary N) is 1. The number of carbonyl (C=O) groups excluding carboxylic acids is 2. The normalized spacial score (nSPS) is 10.6. The fraction of sp³-hybridized carbons (Fsp3) is 0.400. The van der Waals surface area contributed by atoms with Crippen molar-refractivity contribution >= 4 is 28.7 Å². The number of amides is 1. The highest BCUT2D eigenvalue weighted by atomic mass is 16.5. The number of nitrogens with zero attached hydrogens (tertiary/aromatic N) is 1. The van der Waals surface area contributed by atoms with Crippen LogP contribution in [0.2, 0.25) is 0 Å². The van der Waals surface area contributed by atoms with Crippen molar-refractivity contribution in [2.24, 2.45) is 0 Å². The van der Waals surface area contributed by atoms with E-state index in [9.17, 15) is 9.59 Å². The van der Waals surface area contributed by atoms with E-state index in [2.05, 4.69) is 10.3 Å². The van der Waals surface area contributed by atoms with Gasteiger partial charge in [0.05, 0.1) is 13.0 Å². The zero-order valence-corrected chi connectivity index (χ0v) is 12.1. The summed E-state index contributed by atoms with van der Waals surface area (Å²) in [5.41, 5.74) is 2.03. The van der Waals surface area contributed by atoms with Gasteiger partial charge in [-0.15, -0.1) is 0 Å². The number of esters is 1. The molecule has 112 valence electrons. The molecule has 0 aliphatic carbocycles. The van der Waals surface area contributed by atoms with Gasteiger partial charge in [0.25, 0.3) is 0 Å². The van der Waals surface area contributed by atoms with Crippen LogP contribution in [0.15, 0.2) is 22.6 Å². The van der Waals surface area contributed by atoms with Gasteiger partial charge in [-0.1, -0.05) is 6.92 Å². The quantitative estimate of drug-likeness (QED) is 0.827. The van der Waals surface area contributed by atoms with Crippen molar-refractivity contribution < 1.29 is 18.7 Å². The molecule has 0 saturated carbocycles. The van der Waals surface area contributed by atoms with Crippen molar-refractivity contribution in [3.63, 3.8) is 0 Å². The molecule has 0 radical (unpaired) electrons. The van der Waals surface area contributed by atoms with Crippen molar-refractivity contribution in [3.05, 3.63) is 24.1 Å². The van der Waals surface area contributed by atoms with Gasteiger partial charge in [0, 0.05) is 18.5 Å². The number of hydrogen-bond acceptors (Lipinski definition) is 5. The summed E-state index contributed by atoms with van der Waals surface area (Å²) in [6, 6.07) is 5.26. The second kappa shape index (κ2) is 6.88. The summed E-state index contributed by atoms with van der Waals surface area (Å²) in [5, 5.41) is 2.73. The molecule has 1 heterocycles. The van der Waals surface area contributed by atoms with Gasteiger partial charge in [-0.05, 0) is 25.1 Å². The minimum Gasteiger partial charge on any atom is -0.466 e. The van der Waals surface area contributed by atoms with E-state index in [1.54, 1.807) is 25.1 Å². The van der Waals surface area contributed by atoms with E-state index in [0.717, 1.165) is 6.42 Å². The molecule has 1 aromatic heterocycles. The number of aromatic nitrogens is 1. The first-order valence-corrected chi connectivity index (χ1v) is 6.97. The van der Waals surface area contributed by atoms with Crippen molar-refractivity contribution in [3.8, 4) is 0 Å². The molecule has 0 fully saturated rings. The largest absolute Gasteiger partial charge is 0.466 e. The van der Waals surface area contributed by atoms with Gasteiger partial charge in [0.1, 0.15) is 5.52 Å². The van der Waals surface area contributed by atoms with Crippen LogP contribution in [0.4, 0.5) is 5.69 Å². The molecule has 1 aromatic carbocycles. The van der Waals surface area contributed by atoms with E-state index < -0.39 is 0 Å². The Balaban J connectivity index is 1.95. The average molecular weight is 290 g/mol. The second-order valence-electron chi connectivity index (χ2n) is 4.50. The van der Waals surface area contributed by atoms with Gasteiger partial charge in [0.2, 0.25) is 5.91 Å². The first kappa shape index (κ1) is 15.0. The summed E-state index contributed by atoms with van der Waals surface area (Å²) in [6.07, 6.45) is 0.887. The molecule has 1 amide bonds. The Morgan fingerprint density at radius 3 is 2.81 bits per heavy atom. The van der Waals surface area contributed by atoms with Gasteiger partial charge in [-0.25, -0.2) is 4.98 Å². The Morgan fingerprint density at radius 1 is 1.29 bits per heavy atom. The van der Waals surface area contributed by atoms with E-state index in [1.807, 2.05) is 6.92 Å². The first-order valence-electron chi connectivity index (χ1n) is 6.97. The van der Waals surface area contributed by atoms with Gasteiger partial charge in [-0.2, -0.15) is 0 Å². The van der Waals surface area contributed by atoms with Crippen LogP contribution >= 0.6 is 0 Å². The summed E-state index contributed by atoms with van der Waals surface area (Å²) >= 11 is 0. The van der Waals surface area contributed by atoms with Crippen molar-refractivity contribution in [1.82, 2.24) is 4.98 Å². The van der Waals surface area contributed by atoms with Crippen LogP contribution in [0, 0.1) is 0 Å². The van der Waals surface area contributed by atoms with Crippen LogP contribution in [-0.4, -0.2) is 23.5 Å². The summed E-state index contributed by atoms with van der Waals surface area (Å²) in [4.78, 5) is 27.2. The molecule has 0 unspecified atom stereocenters. The van der Waals surface area contributed by atoms with E-state index >= 15 is 0 Å². The molecule has 6 heteroatoms. The van der Waals surface area contributed by atoms with Crippen LogP contribution in [0.25, 0.3) is 11.1 Å². The molecule has 0 bridgehead atoms. The SMILES string of the molecule is CCOC(=O)CCC(=O)Nc1ccc2oc(CC)nc2c1. The number of fused-ring (bicyclic) bond motifs is 1. The van der Waals surface area contributed by atoms with Crippen LogP contribution in [0.5, 0.6) is 0 Å². The highest BCUT2D eigenvalue weighted by Gasteiger charge is 2.09. The van der Waals surface area contributed by atoms with Crippen molar-refractivity contribution in [2.45, 2.75) is 33.1 Å². The van der Waals surface area contributed by atoms with Crippen LogP contribution < -0.4 is 5.32 Å². The maximum atomic E-state index is 11.8. The number of carbonyl (C=O) groups is 2. The lowest BCUT2D eigenvalue weighted by atomic mass is 10.2. The predicted molar refractivity (Wildman–Crippen MR) is 77.9 cm³/mol. The lowest BCUT2D eigenvalue weighted by Crippen LogP contribution is -2.14. The molecular weight excluding hydrogens is 272 g/mol. The lowest BCUT2D eigenvalue weighted by molar-refractivity contribution is -0.144. The number of benzene rings is 1. The number of oxazole rings is 1. The third kappa shape index (κ3) is 4.05. The summed E-state index contributed by atoms with van der Waals surface area (Å²) < 4.78 is 10.3. The van der Waals surface area contributed by atoms with Crippen molar-refractivity contribution in [2.75, 3.05) is 11.9 Å². The van der Waals surface area contributed by atoms with Gasteiger partial charge in [-0.3, -0.25) is 9.59 Å². The Labute approximate surface area is 122 Å². The molecule has 1 N–H and O–H groups in total. The second-order valence-corrected chi connectivity index (χ2v) is 4.50. The highest BCUT2D eigenvalue weighted by Crippen LogP contribution is 2.20. The van der Waals surface area contributed by atoms with E-state index in [1.165, 1.54) is 0 Å². The molecule has 0 aliphatic rings. The van der Waals surface area contributed by atoms with Gasteiger partial charge in [0.15, 0.2) is 11.5 Å². The molecule has 0 saturated heterocycles. The lowest BCUT2D eigenvalue weighted by Gasteiger charge is -2.04. The molecule has 0 aliphatic heterocycles. The van der Waals surface area contributed by atoms with E-state index in [0.29, 0.717) is 29.3 Å². The van der Waals surface area contributed by atoms with Gasteiger partial charge < -0.3 is 14.5 Å². The van der Waals surface area contributed by atoms with Crippen LogP contribution in [-0.2, 0) is 20.7 Å². The molecule has 0 atom stereocenters. The monoisotopic (exact) mass is 290 g/mol. The Kier molecular flexibility index (Phi) is 4.92. The Hall–Kier alpha value is -2.37. The highest BCUT2D eigenvalue weighted by molar-refractivity contribution is 5.94. The first-order chi connectivity index (χ1) is 10.1. The standard InChI is InChI=1S/C15H18N2O4/c1-3-14-17-11-9-10(5-6-12(11)21-14)16-13(18)7-8-15(19)20-4-2/h5-6,9H,3-4,7-8H2,1-2H3,(H,16,18). The molecular formula is C15H18N2O4. The number of rotatable bonds is 6. The third-order valence-corrected chi connectivity index (χ3v) is 2.88. The number of hydrogen-bond donors (Lipinski definition) is 1. The topological polar surface area (TPSA) is 81.4 Å². The minimum absolute atomic E-state index is 0.0753. The number of ether oxygens (including phenoxy) is 1. The third-order valence-electron chi connectivity index (χ3n) is 2.88. The predicted octanol–water partition coefficient (Wildman–Crippen LogP) is 2.67. The molecule has 2 rings (SSSR count). The maximum Gasteiger partial charge on any atom is 0.306 e. The van der Waals surface area contributed by atoms with Crippen molar-refractivity contribution in [1.29, 1.82) is 0 Å². The van der Waals surface area contributed by atoms with Crippen LogP contribution in [0.3, 0.4) is 0 Å². The molecule has 2 aromatic rings. The zero-order chi connectivity index (χ0) is 15.2. The number of aryl methyl sites for hydroxylation is 1. The fourth-order valence-electron chi connectivity index (χ4n) is 1.88. The minimum atomic E-state index is -0.368. The average Bonchev–Trinajstić information content (AvgIpc) is 2.88. The molecule has 21 heavy (non-hydrogen) atoms. The van der Waals surface area contributed by atoms with Gasteiger partial charge >= 0.3 is 5.97 Å². The zero-order valence-electron chi connectivity index (χ0n) is 12.1. The van der Waals surface area contributed by atoms with Crippen LogP contribution in [0.1, 0.15) is 32.6 Å². The summed E-state index contributed by atoms with van der Waals surface area (Å²) in [7, 11) is 0. The summed E-state index contributed by atoms with van der Waals surface area (Å²) in [6.45, 7) is 4.02. The molecule has 0 spiro atoms.